The smallest absolute Gasteiger partial charge is 0.232 e. The number of aromatic nitrogens is 3. The van der Waals surface area contributed by atoms with Gasteiger partial charge in [0, 0.05) is 40.3 Å². The highest BCUT2D eigenvalue weighted by Crippen LogP contribution is 2.24. The van der Waals surface area contributed by atoms with Crippen molar-refractivity contribution in [3.8, 4) is 0 Å². The van der Waals surface area contributed by atoms with Crippen LogP contribution >= 0.6 is 34.3 Å². The molecule has 0 spiro atoms. The minimum atomic E-state index is -0.116. The molecule has 4 aromatic rings. The number of amides is 1. The van der Waals surface area contributed by atoms with Crippen LogP contribution in [0.15, 0.2) is 42.2 Å². The van der Waals surface area contributed by atoms with E-state index >= 15 is 0 Å². The van der Waals surface area contributed by atoms with Crippen molar-refractivity contribution >= 4 is 50.3 Å². The fraction of sp³-hybridized carbons (Fsp3) is 0.167. The average molecular weight is 403 g/mol. The number of aryl methyl sites for hydroxylation is 1. The maximum absolute atomic E-state index is 12.2. The number of anilines is 1. The van der Waals surface area contributed by atoms with Crippen LogP contribution < -0.4 is 5.32 Å². The van der Waals surface area contributed by atoms with Crippen LogP contribution in [0.5, 0.6) is 0 Å². The van der Waals surface area contributed by atoms with Crippen molar-refractivity contribution in [1.82, 2.24) is 14.4 Å². The third-order valence-corrected chi connectivity index (χ3v) is 5.99. The molecule has 132 valence electrons. The van der Waals surface area contributed by atoms with E-state index in [4.69, 9.17) is 11.6 Å². The molecule has 5 nitrogen and oxygen atoms in total. The second kappa shape index (κ2) is 7.19. The summed E-state index contributed by atoms with van der Waals surface area (Å²) in [5.41, 5.74) is 2.94. The second-order valence-corrected chi connectivity index (χ2v) is 8.34. The lowest BCUT2D eigenvalue weighted by Crippen LogP contribution is -2.14. The number of halogens is 1. The summed E-state index contributed by atoms with van der Waals surface area (Å²) in [6.07, 6.45) is 6.57. The van der Waals surface area contributed by atoms with E-state index in [2.05, 4.69) is 21.4 Å². The maximum Gasteiger partial charge on any atom is 0.232 e. The Bertz CT molecular complexity index is 1050. The number of thiazole rings is 2. The van der Waals surface area contributed by atoms with Gasteiger partial charge in [0.15, 0.2) is 10.1 Å². The highest BCUT2D eigenvalue weighted by Gasteiger charge is 2.11. The first-order chi connectivity index (χ1) is 12.6. The van der Waals surface area contributed by atoms with Crippen molar-refractivity contribution in [2.75, 3.05) is 5.32 Å². The van der Waals surface area contributed by atoms with Crippen molar-refractivity contribution < 1.29 is 4.79 Å². The first kappa shape index (κ1) is 17.2. The van der Waals surface area contributed by atoms with Crippen LogP contribution in [0.1, 0.15) is 21.7 Å². The number of rotatable bonds is 5. The normalized spacial score (nSPS) is 11.2. The molecular weight excluding hydrogens is 388 g/mol. The lowest BCUT2D eigenvalue weighted by molar-refractivity contribution is -0.115. The molecule has 3 aromatic heterocycles. The molecule has 0 aliphatic carbocycles. The van der Waals surface area contributed by atoms with E-state index in [0.717, 1.165) is 38.1 Å². The van der Waals surface area contributed by atoms with Crippen LogP contribution in [0.2, 0.25) is 5.02 Å². The maximum atomic E-state index is 12.2. The molecule has 0 aliphatic rings. The molecule has 1 aromatic carbocycles. The van der Waals surface area contributed by atoms with Crippen LogP contribution in [0.3, 0.4) is 0 Å². The molecular formula is C18H15ClN4OS2. The van der Waals surface area contributed by atoms with Crippen molar-refractivity contribution in [3.05, 3.63) is 68.9 Å². The first-order valence-corrected chi connectivity index (χ1v) is 10.0. The summed E-state index contributed by atoms with van der Waals surface area (Å²) >= 11 is 9.20. The number of carbonyl (C=O) groups is 1. The molecule has 3 heterocycles. The number of fused-ring (bicyclic) bond motifs is 1. The number of hydrogen-bond acceptors (Lipinski definition) is 5. The first-order valence-electron chi connectivity index (χ1n) is 7.97. The van der Waals surface area contributed by atoms with Gasteiger partial charge < -0.3 is 5.32 Å². The highest BCUT2D eigenvalue weighted by molar-refractivity contribution is 7.15. The van der Waals surface area contributed by atoms with E-state index in [1.54, 1.807) is 17.5 Å². The van der Waals surface area contributed by atoms with E-state index < -0.39 is 0 Å². The van der Waals surface area contributed by atoms with E-state index in [-0.39, 0.29) is 12.3 Å². The minimum absolute atomic E-state index is 0.116. The Hall–Kier alpha value is -2.22. The fourth-order valence-corrected chi connectivity index (χ4v) is 4.37. The van der Waals surface area contributed by atoms with E-state index in [0.29, 0.717) is 5.13 Å². The van der Waals surface area contributed by atoms with E-state index in [1.807, 2.05) is 41.2 Å². The molecule has 0 radical (unpaired) electrons. The molecule has 0 fully saturated rings. The van der Waals surface area contributed by atoms with Gasteiger partial charge >= 0.3 is 0 Å². The zero-order valence-corrected chi connectivity index (χ0v) is 16.3. The summed E-state index contributed by atoms with van der Waals surface area (Å²) in [6.45, 7) is 1.98. The molecule has 0 aliphatic heterocycles. The summed E-state index contributed by atoms with van der Waals surface area (Å²) in [5.74, 6) is -0.116. The third-order valence-electron chi connectivity index (χ3n) is 3.90. The topological polar surface area (TPSA) is 59.3 Å². The summed E-state index contributed by atoms with van der Waals surface area (Å²) < 4.78 is 1.92. The lowest BCUT2D eigenvalue weighted by atomic mass is 10.1. The van der Waals surface area contributed by atoms with E-state index in [9.17, 15) is 4.79 Å². The standard InChI is InChI=1S/C18H15ClN4OS2/c1-11-2-3-12(7-15(11)19)6-14-9-20-17(26-14)22-16(24)8-13-10-23-4-5-25-18(23)21-13/h2-5,7,9-10H,6,8H2,1H3,(H,20,22,24). The van der Waals surface area contributed by atoms with Crippen LogP contribution in [-0.2, 0) is 17.6 Å². The van der Waals surface area contributed by atoms with Gasteiger partial charge in [-0.15, -0.1) is 22.7 Å². The zero-order valence-electron chi connectivity index (χ0n) is 13.9. The van der Waals surface area contributed by atoms with Gasteiger partial charge in [-0.1, -0.05) is 23.7 Å². The Labute approximate surface area is 163 Å². The van der Waals surface area contributed by atoms with Gasteiger partial charge in [0.1, 0.15) is 0 Å². The van der Waals surface area contributed by atoms with Gasteiger partial charge in [0.05, 0.1) is 12.1 Å². The van der Waals surface area contributed by atoms with Gasteiger partial charge in [-0.2, -0.15) is 0 Å². The number of nitrogens with zero attached hydrogens (tertiary/aromatic N) is 3. The lowest BCUT2D eigenvalue weighted by Gasteiger charge is -2.02. The molecule has 1 amide bonds. The van der Waals surface area contributed by atoms with Gasteiger partial charge in [-0.05, 0) is 24.1 Å². The molecule has 0 bridgehead atoms. The molecule has 0 saturated carbocycles. The quantitative estimate of drug-likeness (QED) is 0.531. The molecule has 1 N–H and O–H groups in total. The third kappa shape index (κ3) is 3.80. The largest absolute Gasteiger partial charge is 0.302 e. The van der Waals surface area contributed by atoms with Crippen molar-refractivity contribution in [3.63, 3.8) is 0 Å². The summed E-state index contributed by atoms with van der Waals surface area (Å²) in [6, 6.07) is 6.04. The van der Waals surface area contributed by atoms with Crippen LogP contribution in [0, 0.1) is 6.92 Å². The summed E-state index contributed by atoms with van der Waals surface area (Å²) in [5, 5.41) is 6.18. The van der Waals surface area contributed by atoms with Crippen LogP contribution in [0.4, 0.5) is 5.13 Å². The highest BCUT2D eigenvalue weighted by atomic mass is 35.5. The average Bonchev–Trinajstić information content (AvgIpc) is 3.28. The Kier molecular flexibility index (Phi) is 4.76. The Morgan fingerprint density at radius 3 is 3.08 bits per heavy atom. The number of benzene rings is 1. The van der Waals surface area contributed by atoms with Gasteiger partial charge in [0.2, 0.25) is 5.91 Å². The van der Waals surface area contributed by atoms with Crippen molar-refractivity contribution in [2.45, 2.75) is 19.8 Å². The molecule has 0 unspecified atom stereocenters. The number of hydrogen-bond donors (Lipinski definition) is 1. The molecule has 4 rings (SSSR count). The van der Waals surface area contributed by atoms with Crippen molar-refractivity contribution in [1.29, 1.82) is 0 Å². The van der Waals surface area contributed by atoms with Crippen LogP contribution in [-0.4, -0.2) is 20.3 Å². The van der Waals surface area contributed by atoms with Crippen molar-refractivity contribution in [2.24, 2.45) is 0 Å². The summed E-state index contributed by atoms with van der Waals surface area (Å²) in [4.78, 5) is 22.9. The van der Waals surface area contributed by atoms with Crippen LogP contribution in [0.25, 0.3) is 4.96 Å². The Morgan fingerprint density at radius 2 is 2.27 bits per heavy atom. The number of nitrogens with one attached hydrogen (secondary N) is 1. The molecule has 0 saturated heterocycles. The molecule has 8 heteroatoms. The van der Waals surface area contributed by atoms with Gasteiger partial charge in [-0.3, -0.25) is 9.20 Å². The Balaban J connectivity index is 1.38. The Morgan fingerprint density at radius 1 is 1.38 bits per heavy atom. The van der Waals surface area contributed by atoms with Gasteiger partial charge in [0.25, 0.3) is 0 Å². The van der Waals surface area contributed by atoms with Gasteiger partial charge in [-0.25, -0.2) is 9.97 Å². The fourth-order valence-electron chi connectivity index (χ4n) is 2.58. The number of carbonyl (C=O) groups excluding carboxylic acids is 1. The monoisotopic (exact) mass is 402 g/mol. The van der Waals surface area contributed by atoms with E-state index in [1.165, 1.54) is 11.3 Å². The predicted octanol–water partition coefficient (Wildman–Crippen LogP) is 4.59. The summed E-state index contributed by atoms with van der Waals surface area (Å²) in [7, 11) is 0. The zero-order chi connectivity index (χ0) is 18.1. The molecule has 0 atom stereocenters. The minimum Gasteiger partial charge on any atom is -0.302 e. The molecule has 26 heavy (non-hydrogen) atoms. The second-order valence-electron chi connectivity index (χ2n) is 5.94. The number of imidazole rings is 1. The SMILES string of the molecule is Cc1ccc(Cc2cnc(NC(=O)Cc3cn4ccsc4n3)s2)cc1Cl. The predicted molar refractivity (Wildman–Crippen MR) is 107 cm³/mol.